The molecule has 1 fully saturated rings. The first kappa shape index (κ1) is 14.0. The van der Waals surface area contributed by atoms with Gasteiger partial charge in [-0.2, -0.15) is 0 Å². The predicted octanol–water partition coefficient (Wildman–Crippen LogP) is 4.08. The second kappa shape index (κ2) is 7.32. The van der Waals surface area contributed by atoms with E-state index in [4.69, 9.17) is 0 Å². The smallest absolute Gasteiger partial charge is 0.00180 e. The molecule has 1 aliphatic carbocycles. The Morgan fingerprint density at radius 1 is 1.19 bits per heavy atom. The third kappa shape index (κ3) is 4.86. The number of hydrogen-bond donors (Lipinski definition) is 1. The monoisotopic (exact) mass is 225 g/mol. The summed E-state index contributed by atoms with van der Waals surface area (Å²) in [6.45, 7) is 11.7. The largest absolute Gasteiger partial charge is 0.317 e. The van der Waals surface area contributed by atoms with Crippen LogP contribution < -0.4 is 5.32 Å². The van der Waals surface area contributed by atoms with Gasteiger partial charge in [-0.05, 0) is 56.0 Å². The molecule has 1 saturated carbocycles. The molecule has 1 N–H and O–H groups in total. The third-order valence-corrected chi connectivity index (χ3v) is 4.17. The highest BCUT2D eigenvalue weighted by Crippen LogP contribution is 2.36. The average Bonchev–Trinajstić information content (AvgIpc) is 2.25. The van der Waals surface area contributed by atoms with Crippen LogP contribution in [0.4, 0.5) is 0 Å². The molecule has 3 atom stereocenters. The van der Waals surface area contributed by atoms with Crippen LogP contribution in [0.2, 0.25) is 0 Å². The van der Waals surface area contributed by atoms with Gasteiger partial charge in [0.25, 0.3) is 0 Å². The fourth-order valence-corrected chi connectivity index (χ4v) is 3.06. The number of hydrogen-bond acceptors (Lipinski definition) is 1. The van der Waals surface area contributed by atoms with Crippen molar-refractivity contribution in [2.24, 2.45) is 23.7 Å². The van der Waals surface area contributed by atoms with E-state index in [0.29, 0.717) is 0 Å². The Morgan fingerprint density at radius 3 is 2.56 bits per heavy atom. The van der Waals surface area contributed by atoms with Gasteiger partial charge in [-0.3, -0.25) is 0 Å². The minimum absolute atomic E-state index is 0.872. The summed E-state index contributed by atoms with van der Waals surface area (Å²) in [5.74, 6) is 3.78. The van der Waals surface area contributed by atoms with Gasteiger partial charge in [0.15, 0.2) is 0 Å². The van der Waals surface area contributed by atoms with Crippen molar-refractivity contribution in [3.8, 4) is 0 Å². The second-order valence-corrected chi connectivity index (χ2v) is 6.22. The molecule has 1 rings (SSSR count). The first-order chi connectivity index (χ1) is 7.63. The van der Waals surface area contributed by atoms with Crippen molar-refractivity contribution in [1.82, 2.24) is 5.32 Å². The summed E-state index contributed by atoms with van der Waals surface area (Å²) < 4.78 is 0. The van der Waals surface area contributed by atoms with Gasteiger partial charge in [-0.15, -0.1) is 0 Å². The topological polar surface area (TPSA) is 12.0 Å². The van der Waals surface area contributed by atoms with Crippen LogP contribution in [0.1, 0.15) is 59.8 Å². The first-order valence-corrected chi connectivity index (χ1v) is 7.34. The molecule has 0 aromatic rings. The summed E-state index contributed by atoms with van der Waals surface area (Å²) in [6, 6.07) is 0. The molecule has 3 unspecified atom stereocenters. The van der Waals surface area contributed by atoms with Crippen LogP contribution in [0.5, 0.6) is 0 Å². The maximum Gasteiger partial charge on any atom is -0.00180 e. The van der Waals surface area contributed by atoms with Gasteiger partial charge in [0.2, 0.25) is 0 Å². The van der Waals surface area contributed by atoms with Crippen molar-refractivity contribution in [2.75, 3.05) is 13.1 Å². The Kier molecular flexibility index (Phi) is 6.41. The van der Waals surface area contributed by atoms with E-state index in [1.165, 1.54) is 38.6 Å². The summed E-state index contributed by atoms with van der Waals surface area (Å²) in [6.07, 6.45) is 7.26. The van der Waals surface area contributed by atoms with Crippen LogP contribution in [0.25, 0.3) is 0 Å². The summed E-state index contributed by atoms with van der Waals surface area (Å²) in [5.41, 5.74) is 0. The lowest BCUT2D eigenvalue weighted by molar-refractivity contribution is 0.168. The van der Waals surface area contributed by atoms with Crippen LogP contribution in [0.15, 0.2) is 0 Å². The SMILES string of the molecule is CCNCC1CCC(C)CC1CCC(C)C. The molecule has 0 aliphatic heterocycles. The number of nitrogens with one attached hydrogen (secondary N) is 1. The minimum atomic E-state index is 0.872. The molecular weight excluding hydrogens is 194 g/mol. The second-order valence-electron chi connectivity index (χ2n) is 6.22. The lowest BCUT2D eigenvalue weighted by Crippen LogP contribution is -2.32. The zero-order chi connectivity index (χ0) is 12.0. The van der Waals surface area contributed by atoms with Crippen LogP contribution in [-0.4, -0.2) is 13.1 Å². The molecule has 0 saturated heterocycles. The van der Waals surface area contributed by atoms with E-state index < -0.39 is 0 Å². The normalized spacial score (nSPS) is 30.9. The molecule has 0 spiro atoms. The van der Waals surface area contributed by atoms with Crippen LogP contribution in [-0.2, 0) is 0 Å². The Bertz CT molecular complexity index is 174. The van der Waals surface area contributed by atoms with E-state index >= 15 is 0 Å². The van der Waals surface area contributed by atoms with Crippen LogP contribution in [0.3, 0.4) is 0 Å². The van der Waals surface area contributed by atoms with Crippen LogP contribution >= 0.6 is 0 Å². The van der Waals surface area contributed by atoms with Crippen molar-refractivity contribution >= 4 is 0 Å². The zero-order valence-corrected chi connectivity index (χ0v) is 11.8. The molecule has 0 aromatic heterocycles. The Morgan fingerprint density at radius 2 is 1.94 bits per heavy atom. The Hall–Kier alpha value is -0.0400. The maximum absolute atomic E-state index is 3.55. The standard InChI is InChI=1S/C15H31N/c1-5-16-11-15-9-7-13(4)10-14(15)8-6-12(2)3/h12-16H,5-11H2,1-4H3. The highest BCUT2D eigenvalue weighted by Gasteiger charge is 2.27. The van der Waals surface area contributed by atoms with Gasteiger partial charge in [-0.25, -0.2) is 0 Å². The Balaban J connectivity index is 2.38. The molecule has 0 radical (unpaired) electrons. The fraction of sp³-hybridized carbons (Fsp3) is 1.00. The highest BCUT2D eigenvalue weighted by molar-refractivity contribution is 4.80. The van der Waals surface area contributed by atoms with Gasteiger partial charge in [-0.1, -0.05) is 40.5 Å². The molecule has 96 valence electrons. The molecule has 0 aromatic carbocycles. The van der Waals surface area contributed by atoms with E-state index in [1.54, 1.807) is 0 Å². The van der Waals surface area contributed by atoms with E-state index in [1.807, 2.05) is 0 Å². The first-order valence-electron chi connectivity index (χ1n) is 7.34. The summed E-state index contributed by atoms with van der Waals surface area (Å²) >= 11 is 0. The lowest BCUT2D eigenvalue weighted by atomic mass is 9.72. The molecule has 1 nitrogen and oxygen atoms in total. The molecule has 0 amide bonds. The van der Waals surface area contributed by atoms with E-state index in [2.05, 4.69) is 33.0 Å². The summed E-state index contributed by atoms with van der Waals surface area (Å²) in [5, 5.41) is 3.55. The quantitative estimate of drug-likeness (QED) is 0.718. The summed E-state index contributed by atoms with van der Waals surface area (Å²) in [7, 11) is 0. The van der Waals surface area contributed by atoms with E-state index in [0.717, 1.165) is 30.2 Å². The summed E-state index contributed by atoms with van der Waals surface area (Å²) in [4.78, 5) is 0. The predicted molar refractivity (Wildman–Crippen MR) is 72.6 cm³/mol. The minimum Gasteiger partial charge on any atom is -0.317 e. The lowest BCUT2D eigenvalue weighted by Gasteiger charge is -2.35. The van der Waals surface area contributed by atoms with Gasteiger partial charge in [0, 0.05) is 0 Å². The average molecular weight is 225 g/mol. The molecular formula is C15H31N. The van der Waals surface area contributed by atoms with Crippen molar-refractivity contribution in [2.45, 2.75) is 59.8 Å². The van der Waals surface area contributed by atoms with Gasteiger partial charge < -0.3 is 5.32 Å². The molecule has 16 heavy (non-hydrogen) atoms. The Labute approximate surface area is 102 Å². The van der Waals surface area contributed by atoms with Gasteiger partial charge >= 0.3 is 0 Å². The van der Waals surface area contributed by atoms with E-state index in [-0.39, 0.29) is 0 Å². The molecule has 0 bridgehead atoms. The fourth-order valence-electron chi connectivity index (χ4n) is 3.06. The van der Waals surface area contributed by atoms with Gasteiger partial charge in [0.05, 0.1) is 0 Å². The van der Waals surface area contributed by atoms with Crippen molar-refractivity contribution in [1.29, 1.82) is 0 Å². The van der Waals surface area contributed by atoms with Gasteiger partial charge in [0.1, 0.15) is 0 Å². The third-order valence-electron chi connectivity index (χ3n) is 4.17. The molecule has 0 heterocycles. The van der Waals surface area contributed by atoms with Crippen LogP contribution in [0, 0.1) is 23.7 Å². The highest BCUT2D eigenvalue weighted by atomic mass is 14.8. The van der Waals surface area contributed by atoms with Crippen molar-refractivity contribution in [3.05, 3.63) is 0 Å². The van der Waals surface area contributed by atoms with E-state index in [9.17, 15) is 0 Å². The molecule has 1 aliphatic rings. The molecule has 1 heteroatoms. The maximum atomic E-state index is 3.55. The number of rotatable bonds is 6. The van der Waals surface area contributed by atoms with Crippen molar-refractivity contribution in [3.63, 3.8) is 0 Å². The zero-order valence-electron chi connectivity index (χ0n) is 11.8. The van der Waals surface area contributed by atoms with Crippen molar-refractivity contribution < 1.29 is 0 Å².